The third-order valence-corrected chi connectivity index (χ3v) is 3.07. The minimum absolute atomic E-state index is 0.0122. The smallest absolute Gasteiger partial charge is 0.225 e. The number of hydrogen-bond acceptors (Lipinski definition) is 2. The highest BCUT2D eigenvalue weighted by atomic mass is 19.1. The van der Waals surface area contributed by atoms with Gasteiger partial charge in [0.05, 0.1) is 6.54 Å². The van der Waals surface area contributed by atoms with Gasteiger partial charge in [-0.25, -0.2) is 4.39 Å². The third-order valence-electron chi connectivity index (χ3n) is 3.07. The molecule has 0 aromatic heterocycles. The van der Waals surface area contributed by atoms with Gasteiger partial charge in [0, 0.05) is 18.9 Å². The van der Waals surface area contributed by atoms with Crippen molar-refractivity contribution in [3.63, 3.8) is 0 Å². The predicted octanol–water partition coefficient (Wildman–Crippen LogP) is 2.46. The molecular formula is C14H18FNO2. The third kappa shape index (κ3) is 3.00. The molecule has 0 spiro atoms. The van der Waals surface area contributed by atoms with Crippen molar-refractivity contribution < 1.29 is 13.9 Å². The summed E-state index contributed by atoms with van der Waals surface area (Å²) in [7, 11) is 0. The molecule has 1 saturated heterocycles. The number of rotatable bonds is 3. The van der Waals surface area contributed by atoms with Crippen LogP contribution in [0.2, 0.25) is 0 Å². The minimum Gasteiger partial charge on any atom is -0.489 e. The van der Waals surface area contributed by atoms with E-state index in [9.17, 15) is 9.18 Å². The first kappa shape index (κ1) is 12.9. The molecule has 3 nitrogen and oxygen atoms in total. The summed E-state index contributed by atoms with van der Waals surface area (Å²) in [6.45, 7) is 5.16. The highest BCUT2D eigenvalue weighted by Crippen LogP contribution is 2.19. The van der Waals surface area contributed by atoms with E-state index in [1.165, 1.54) is 12.1 Å². The van der Waals surface area contributed by atoms with Crippen LogP contribution in [0.3, 0.4) is 0 Å². The number of carbonyl (C=O) groups excluding carboxylic acids is 1. The second kappa shape index (κ2) is 5.38. The zero-order valence-electron chi connectivity index (χ0n) is 10.7. The number of likely N-dealkylation sites (tertiary alicyclic amines) is 1. The van der Waals surface area contributed by atoms with Crippen LogP contribution in [-0.2, 0) is 4.79 Å². The highest BCUT2D eigenvalue weighted by molar-refractivity contribution is 5.78. The molecular weight excluding hydrogens is 233 g/mol. The van der Waals surface area contributed by atoms with Crippen LogP contribution >= 0.6 is 0 Å². The molecule has 0 bridgehead atoms. The lowest BCUT2D eigenvalue weighted by Crippen LogP contribution is -2.33. The van der Waals surface area contributed by atoms with E-state index < -0.39 is 0 Å². The lowest BCUT2D eigenvalue weighted by molar-refractivity contribution is -0.133. The number of amides is 1. The summed E-state index contributed by atoms with van der Waals surface area (Å²) in [6.07, 6.45) is 0.841. The molecule has 1 aromatic carbocycles. The summed E-state index contributed by atoms with van der Waals surface area (Å²) >= 11 is 0. The minimum atomic E-state index is -0.273. The summed E-state index contributed by atoms with van der Waals surface area (Å²) in [5.41, 5.74) is 0. The van der Waals surface area contributed by atoms with Crippen molar-refractivity contribution in [2.24, 2.45) is 5.92 Å². The Bertz CT molecular complexity index is 416. The Kier molecular flexibility index (Phi) is 3.84. The molecule has 4 heteroatoms. The van der Waals surface area contributed by atoms with Crippen molar-refractivity contribution in [1.29, 1.82) is 0 Å². The van der Waals surface area contributed by atoms with Crippen LogP contribution in [0.4, 0.5) is 4.39 Å². The Morgan fingerprint density at radius 1 is 1.39 bits per heavy atom. The fourth-order valence-electron chi connectivity index (χ4n) is 2.10. The Balaban J connectivity index is 1.90. The van der Waals surface area contributed by atoms with Crippen LogP contribution < -0.4 is 4.74 Å². The Morgan fingerprint density at radius 3 is 2.67 bits per heavy atom. The maximum atomic E-state index is 12.7. The molecule has 1 aliphatic rings. The number of ether oxygens (including phenoxy) is 1. The van der Waals surface area contributed by atoms with Gasteiger partial charge in [-0.1, -0.05) is 13.8 Å². The molecule has 1 unspecified atom stereocenters. The molecule has 0 radical (unpaired) electrons. The van der Waals surface area contributed by atoms with E-state index in [1.807, 2.05) is 18.7 Å². The van der Waals surface area contributed by atoms with Crippen LogP contribution in [-0.4, -0.2) is 30.0 Å². The van der Waals surface area contributed by atoms with Crippen molar-refractivity contribution in [3.05, 3.63) is 30.1 Å². The lowest BCUT2D eigenvalue weighted by Gasteiger charge is -2.19. The standard InChI is InChI=1S/C14H18FNO2/c1-10(2)14(17)16-8-7-13(9-16)18-12-5-3-11(15)4-6-12/h3-6,10,13H,7-9H2,1-2H3. The Hall–Kier alpha value is -1.58. The van der Waals surface area contributed by atoms with Crippen molar-refractivity contribution in [2.75, 3.05) is 13.1 Å². The molecule has 0 saturated carbocycles. The summed E-state index contributed by atoms with van der Waals surface area (Å²) in [5, 5.41) is 0. The zero-order chi connectivity index (χ0) is 13.1. The zero-order valence-corrected chi connectivity index (χ0v) is 10.7. The van der Waals surface area contributed by atoms with Crippen LogP contribution in [0.1, 0.15) is 20.3 Å². The van der Waals surface area contributed by atoms with Crippen molar-refractivity contribution in [2.45, 2.75) is 26.4 Å². The van der Waals surface area contributed by atoms with Crippen molar-refractivity contribution in [1.82, 2.24) is 4.90 Å². The maximum absolute atomic E-state index is 12.7. The van der Waals surface area contributed by atoms with Crippen molar-refractivity contribution >= 4 is 5.91 Å². The molecule has 1 aromatic rings. The van der Waals surface area contributed by atoms with Gasteiger partial charge < -0.3 is 9.64 Å². The molecule has 2 rings (SSSR count). The average Bonchev–Trinajstić information content (AvgIpc) is 2.79. The average molecular weight is 251 g/mol. The van der Waals surface area contributed by atoms with Gasteiger partial charge in [0.25, 0.3) is 0 Å². The molecule has 0 N–H and O–H groups in total. The summed E-state index contributed by atoms with van der Waals surface area (Å²) < 4.78 is 18.5. The molecule has 98 valence electrons. The molecule has 1 aliphatic heterocycles. The Labute approximate surface area is 107 Å². The number of carbonyl (C=O) groups is 1. The van der Waals surface area contributed by atoms with Gasteiger partial charge in [-0.3, -0.25) is 4.79 Å². The van der Waals surface area contributed by atoms with Gasteiger partial charge in [0.2, 0.25) is 5.91 Å². The van der Waals surface area contributed by atoms with Gasteiger partial charge in [-0.15, -0.1) is 0 Å². The fourth-order valence-corrected chi connectivity index (χ4v) is 2.10. The largest absolute Gasteiger partial charge is 0.489 e. The predicted molar refractivity (Wildman–Crippen MR) is 66.9 cm³/mol. The van der Waals surface area contributed by atoms with E-state index in [-0.39, 0.29) is 23.7 Å². The molecule has 1 amide bonds. The van der Waals surface area contributed by atoms with Crippen molar-refractivity contribution in [3.8, 4) is 5.75 Å². The van der Waals surface area contributed by atoms with E-state index >= 15 is 0 Å². The van der Waals surface area contributed by atoms with E-state index in [0.717, 1.165) is 13.0 Å². The molecule has 0 aliphatic carbocycles. The van der Waals surface area contributed by atoms with E-state index in [0.29, 0.717) is 12.3 Å². The normalized spacial score (nSPS) is 19.3. The van der Waals surface area contributed by atoms with Gasteiger partial charge in [0.15, 0.2) is 0 Å². The first-order valence-corrected chi connectivity index (χ1v) is 6.27. The fraction of sp³-hybridized carbons (Fsp3) is 0.500. The van der Waals surface area contributed by atoms with Crippen LogP contribution in [0.5, 0.6) is 5.75 Å². The first-order valence-electron chi connectivity index (χ1n) is 6.27. The summed E-state index contributed by atoms with van der Waals surface area (Å²) in [6, 6.07) is 5.98. The van der Waals surface area contributed by atoms with Gasteiger partial charge >= 0.3 is 0 Å². The van der Waals surface area contributed by atoms with E-state index in [4.69, 9.17) is 4.74 Å². The molecule has 1 fully saturated rings. The summed E-state index contributed by atoms with van der Waals surface area (Å²) in [5.74, 6) is 0.570. The van der Waals surface area contributed by atoms with Gasteiger partial charge in [-0.2, -0.15) is 0 Å². The first-order chi connectivity index (χ1) is 8.56. The SMILES string of the molecule is CC(C)C(=O)N1CCC(Oc2ccc(F)cc2)C1. The summed E-state index contributed by atoms with van der Waals surface area (Å²) in [4.78, 5) is 13.6. The molecule has 18 heavy (non-hydrogen) atoms. The number of halogens is 1. The monoisotopic (exact) mass is 251 g/mol. The molecule has 1 heterocycles. The second-order valence-corrected chi connectivity index (χ2v) is 4.92. The number of benzene rings is 1. The maximum Gasteiger partial charge on any atom is 0.225 e. The quantitative estimate of drug-likeness (QED) is 0.826. The van der Waals surface area contributed by atoms with Crippen LogP contribution in [0.15, 0.2) is 24.3 Å². The second-order valence-electron chi connectivity index (χ2n) is 4.92. The van der Waals surface area contributed by atoms with E-state index in [1.54, 1.807) is 12.1 Å². The van der Waals surface area contributed by atoms with Crippen LogP contribution in [0, 0.1) is 11.7 Å². The molecule has 1 atom stereocenters. The number of hydrogen-bond donors (Lipinski definition) is 0. The van der Waals surface area contributed by atoms with Gasteiger partial charge in [-0.05, 0) is 24.3 Å². The topological polar surface area (TPSA) is 29.5 Å². The van der Waals surface area contributed by atoms with E-state index in [2.05, 4.69) is 0 Å². The van der Waals surface area contributed by atoms with Crippen LogP contribution in [0.25, 0.3) is 0 Å². The highest BCUT2D eigenvalue weighted by Gasteiger charge is 2.28. The lowest BCUT2D eigenvalue weighted by atomic mass is 10.2. The van der Waals surface area contributed by atoms with Gasteiger partial charge in [0.1, 0.15) is 17.7 Å². The number of nitrogens with zero attached hydrogens (tertiary/aromatic N) is 1. The Morgan fingerprint density at radius 2 is 2.06 bits per heavy atom.